The Morgan fingerprint density at radius 3 is 3.08 bits per heavy atom. The minimum absolute atomic E-state index is 0.360. The van der Waals surface area contributed by atoms with E-state index in [1.54, 1.807) is 6.92 Å². The van der Waals surface area contributed by atoms with Crippen LogP contribution in [0.25, 0.3) is 0 Å². The van der Waals surface area contributed by atoms with Crippen molar-refractivity contribution in [2.75, 3.05) is 6.61 Å². The maximum Gasteiger partial charge on any atom is 0.384 e. The van der Waals surface area contributed by atoms with Gasteiger partial charge in [-0.3, -0.25) is 0 Å². The van der Waals surface area contributed by atoms with E-state index in [1.807, 2.05) is 11.4 Å². The number of rotatable bonds is 1. The molecule has 0 saturated carbocycles. The molecule has 0 aliphatic heterocycles. The Kier molecular flexibility index (Phi) is 4.00. The maximum absolute atomic E-state index is 10.8. The summed E-state index contributed by atoms with van der Waals surface area (Å²) in [5.41, 5.74) is 0. The fourth-order valence-electron chi connectivity index (χ4n) is 0.658. The Bertz CT molecular complexity index is 359. The van der Waals surface area contributed by atoms with Gasteiger partial charge in [-0.1, -0.05) is 0 Å². The molecule has 0 bridgehead atoms. The lowest BCUT2D eigenvalue weighted by atomic mass is 10.4. The second-order valence-electron chi connectivity index (χ2n) is 2.07. The highest BCUT2D eigenvalue weighted by Gasteiger charge is 1.97. The summed E-state index contributed by atoms with van der Waals surface area (Å²) in [5.74, 6) is 4.64. The third kappa shape index (κ3) is 3.21. The van der Waals surface area contributed by atoms with Crippen LogP contribution < -0.4 is 0 Å². The predicted octanol–water partition coefficient (Wildman–Crippen LogP) is 2.43. The Morgan fingerprint density at radius 1 is 1.77 bits per heavy atom. The molecule has 0 amide bonds. The van der Waals surface area contributed by atoms with Gasteiger partial charge >= 0.3 is 5.97 Å². The zero-order chi connectivity index (χ0) is 9.68. The predicted molar refractivity (Wildman–Crippen MR) is 55.5 cm³/mol. The van der Waals surface area contributed by atoms with E-state index in [0.717, 1.165) is 9.35 Å². The molecule has 0 saturated heterocycles. The van der Waals surface area contributed by atoms with E-state index in [4.69, 9.17) is 0 Å². The normalized spacial score (nSPS) is 8.77. The van der Waals surface area contributed by atoms with Gasteiger partial charge in [0.2, 0.25) is 0 Å². The molecule has 0 aliphatic rings. The molecule has 1 heterocycles. The summed E-state index contributed by atoms with van der Waals surface area (Å²) in [4.78, 5) is 11.7. The third-order valence-corrected chi connectivity index (χ3v) is 2.92. The molecule has 0 unspecified atom stereocenters. The van der Waals surface area contributed by atoms with Crippen LogP contribution in [0.4, 0.5) is 0 Å². The number of ether oxygens (including phenoxy) is 1. The van der Waals surface area contributed by atoms with E-state index >= 15 is 0 Å². The van der Waals surface area contributed by atoms with Gasteiger partial charge in [0.1, 0.15) is 0 Å². The van der Waals surface area contributed by atoms with Crippen LogP contribution in [0.3, 0.4) is 0 Å². The van der Waals surface area contributed by atoms with Gasteiger partial charge in [-0.25, -0.2) is 4.79 Å². The molecule has 0 atom stereocenters. The quantitative estimate of drug-likeness (QED) is 0.572. The summed E-state index contributed by atoms with van der Waals surface area (Å²) in [6, 6.07) is 1.89. The highest BCUT2D eigenvalue weighted by Crippen LogP contribution is 2.20. The molecule has 1 rings (SSSR count). The summed E-state index contributed by atoms with van der Waals surface area (Å²) >= 11 is 4.79. The van der Waals surface area contributed by atoms with Gasteiger partial charge in [0, 0.05) is 10.4 Å². The van der Waals surface area contributed by atoms with Crippen LogP contribution in [0.2, 0.25) is 0 Å². The monoisotopic (exact) mass is 258 g/mol. The van der Waals surface area contributed by atoms with Crippen LogP contribution in [0.5, 0.6) is 0 Å². The van der Waals surface area contributed by atoms with Crippen molar-refractivity contribution in [3.63, 3.8) is 0 Å². The number of halogens is 1. The number of hydrogen-bond acceptors (Lipinski definition) is 3. The van der Waals surface area contributed by atoms with Gasteiger partial charge in [-0.05, 0) is 40.2 Å². The molecule has 0 N–H and O–H groups in total. The summed E-state index contributed by atoms with van der Waals surface area (Å²) < 4.78 is 5.57. The number of esters is 1. The van der Waals surface area contributed by atoms with Gasteiger partial charge in [-0.2, -0.15) is 0 Å². The summed E-state index contributed by atoms with van der Waals surface area (Å²) in [6.07, 6.45) is 0. The first-order valence-electron chi connectivity index (χ1n) is 3.65. The van der Waals surface area contributed by atoms with Crippen molar-refractivity contribution in [2.24, 2.45) is 0 Å². The van der Waals surface area contributed by atoms with E-state index in [1.165, 1.54) is 11.3 Å². The van der Waals surface area contributed by atoms with Crippen molar-refractivity contribution in [2.45, 2.75) is 6.92 Å². The zero-order valence-electron chi connectivity index (χ0n) is 6.96. The van der Waals surface area contributed by atoms with Gasteiger partial charge in [0.15, 0.2) is 0 Å². The molecular weight excluding hydrogens is 252 g/mol. The van der Waals surface area contributed by atoms with Gasteiger partial charge in [0.25, 0.3) is 0 Å². The molecule has 13 heavy (non-hydrogen) atoms. The Hall–Kier alpha value is -0.790. The minimum Gasteiger partial charge on any atom is -0.456 e. The average Bonchev–Trinajstić information content (AvgIpc) is 2.48. The standard InChI is InChI=1S/C9H7BrO2S/c1-2-12-9(11)4-3-8-7(10)5-6-13-8/h5-6H,2H2,1H3. The number of carbonyl (C=O) groups excluding carboxylic acids is 1. The fraction of sp³-hybridized carbons (Fsp3) is 0.222. The van der Waals surface area contributed by atoms with Gasteiger partial charge in [-0.15, -0.1) is 11.3 Å². The lowest BCUT2D eigenvalue weighted by Crippen LogP contribution is -1.99. The lowest BCUT2D eigenvalue weighted by Gasteiger charge is -1.90. The molecule has 2 nitrogen and oxygen atoms in total. The van der Waals surface area contributed by atoms with Crippen LogP contribution in [0.15, 0.2) is 15.9 Å². The summed E-state index contributed by atoms with van der Waals surface area (Å²) in [5, 5.41) is 1.90. The second kappa shape index (κ2) is 5.05. The first-order valence-corrected chi connectivity index (χ1v) is 5.33. The van der Waals surface area contributed by atoms with Crippen LogP contribution in [-0.4, -0.2) is 12.6 Å². The fourth-order valence-corrected chi connectivity index (χ4v) is 1.98. The second-order valence-corrected chi connectivity index (χ2v) is 3.84. The van der Waals surface area contributed by atoms with Crippen LogP contribution >= 0.6 is 27.3 Å². The van der Waals surface area contributed by atoms with Crippen molar-refractivity contribution >= 4 is 33.2 Å². The lowest BCUT2D eigenvalue weighted by molar-refractivity contribution is -0.136. The Labute approximate surface area is 89.0 Å². The molecule has 0 spiro atoms. The number of hydrogen-bond donors (Lipinski definition) is 0. The largest absolute Gasteiger partial charge is 0.456 e. The molecule has 68 valence electrons. The van der Waals surface area contributed by atoms with Crippen molar-refractivity contribution in [3.05, 3.63) is 20.8 Å². The van der Waals surface area contributed by atoms with Crippen LogP contribution in [0, 0.1) is 11.8 Å². The SMILES string of the molecule is CCOC(=O)C#Cc1sccc1Br. The van der Waals surface area contributed by atoms with Crippen molar-refractivity contribution in [1.82, 2.24) is 0 Å². The molecule has 4 heteroatoms. The highest BCUT2D eigenvalue weighted by molar-refractivity contribution is 9.10. The number of thiophene rings is 1. The molecular formula is C9H7BrO2S. The molecule has 0 radical (unpaired) electrons. The van der Waals surface area contributed by atoms with Crippen molar-refractivity contribution in [1.29, 1.82) is 0 Å². The average molecular weight is 259 g/mol. The molecule has 0 aliphatic carbocycles. The van der Waals surface area contributed by atoms with E-state index in [2.05, 4.69) is 32.5 Å². The topological polar surface area (TPSA) is 26.3 Å². The van der Waals surface area contributed by atoms with Gasteiger partial charge in [0.05, 0.1) is 11.5 Å². The van der Waals surface area contributed by atoms with E-state index in [-0.39, 0.29) is 0 Å². The summed E-state index contributed by atoms with van der Waals surface area (Å²) in [6.45, 7) is 2.11. The van der Waals surface area contributed by atoms with Crippen molar-refractivity contribution in [3.8, 4) is 11.8 Å². The number of carbonyl (C=O) groups is 1. The highest BCUT2D eigenvalue weighted by atomic mass is 79.9. The third-order valence-electron chi connectivity index (χ3n) is 1.17. The molecule has 0 fully saturated rings. The van der Waals surface area contributed by atoms with Crippen LogP contribution in [0.1, 0.15) is 11.8 Å². The van der Waals surface area contributed by atoms with Gasteiger partial charge < -0.3 is 4.74 Å². The zero-order valence-corrected chi connectivity index (χ0v) is 9.37. The first-order chi connectivity index (χ1) is 6.24. The first kappa shape index (κ1) is 10.3. The molecule has 0 aromatic carbocycles. The minimum atomic E-state index is -0.484. The maximum atomic E-state index is 10.8. The van der Waals surface area contributed by atoms with Crippen LogP contribution in [-0.2, 0) is 9.53 Å². The van der Waals surface area contributed by atoms with E-state index in [9.17, 15) is 4.79 Å². The van der Waals surface area contributed by atoms with Crippen molar-refractivity contribution < 1.29 is 9.53 Å². The van der Waals surface area contributed by atoms with E-state index in [0.29, 0.717) is 6.61 Å². The Morgan fingerprint density at radius 2 is 2.54 bits per heavy atom. The van der Waals surface area contributed by atoms with E-state index < -0.39 is 5.97 Å². The molecule has 1 aromatic heterocycles. The summed E-state index contributed by atoms with van der Waals surface area (Å²) in [7, 11) is 0. The molecule has 1 aromatic rings. The smallest absolute Gasteiger partial charge is 0.384 e. The Balaban J connectivity index is 2.67.